The summed E-state index contributed by atoms with van der Waals surface area (Å²) in [5.41, 5.74) is 11.5. The van der Waals surface area contributed by atoms with E-state index in [1.165, 1.54) is 102 Å². The molecule has 16 rings (SSSR count). The number of nitrogens with one attached hydrogen (secondary N) is 1. The molecule has 3 aliphatic heterocycles. The SMILES string of the molecule is CN(c1c2c(c(O)c3ncc(Cc4ccc(F)cc4)cc13)C(=O)N(Cc1ccc(F)cc1)C2)S(C)(=O)=O.COc1ccc(COc2c3c(c(N(C)S(C)(=O)=O)c4cc(Cc5ccc(F)cc5)cnc24)CN(Cc2ccc(F)cc2)C3=O)cc1.COc1ccc(COc2c3c(c(N(C)S(C)(=O)=O)c4cc(Cc5ccc(F)cc5)cnc24)CNC3=O)cc1. The third-order valence-corrected chi connectivity index (χ3v) is 24.7. The Morgan fingerprint density at radius 1 is 0.397 bits per heavy atom. The summed E-state index contributed by atoms with van der Waals surface area (Å²) in [4.78, 5) is 57.3. The quantitative estimate of drug-likeness (QED) is 0.0532. The topological polar surface area (TPSA) is 278 Å². The molecule has 3 amide bonds. The standard InChI is InChI=1S/C35H31F2N3O5S.C28H26FN3O5S.C27H23F2N3O4S/c1-39(46(3,42)43)33-29-17-25(16-22-4-10-26(36)11-5-22)18-38-32(29)34(45-21-24-8-14-28(44-2)15-9-24)31-30(33)20-40(35(31)41)19-23-6-12-27(37)13-7-23;1-32(38(3,34)35)26-22-13-19(12-17-4-8-20(29)9-5-17)14-30-25(22)27(24-23(26)15-31-28(24)33)37-16-18-6-10-21(36-2)11-7-18;1-31(37(2,35)36)25-21-12-18(11-16-3-7-19(28)8-4-16)13-30-24(21)26(33)23-22(25)15-32(27(23)34)14-17-5-9-20(29)10-6-17/h4-15,17-18H,16,19-21H2,1-3H3;4-11,13-14H,12,15-16H2,1-3H3,(H,31,33);3-10,12-13,33H,11,14-15H2,1-2H3. The van der Waals surface area contributed by atoms with Crippen molar-refractivity contribution >= 4 is 97.6 Å². The minimum atomic E-state index is -3.78. The molecule has 3 aliphatic rings. The van der Waals surface area contributed by atoms with Crippen LogP contribution in [0.5, 0.6) is 28.7 Å². The monoisotopic (exact) mass is 1700 g/mol. The van der Waals surface area contributed by atoms with Crippen molar-refractivity contribution in [1.29, 1.82) is 0 Å². The van der Waals surface area contributed by atoms with E-state index in [4.69, 9.17) is 23.9 Å². The van der Waals surface area contributed by atoms with Crippen LogP contribution in [0.2, 0.25) is 0 Å². The molecule has 6 heterocycles. The van der Waals surface area contributed by atoms with Gasteiger partial charge in [0.2, 0.25) is 30.1 Å². The van der Waals surface area contributed by atoms with Gasteiger partial charge in [0.1, 0.15) is 70.3 Å². The Balaban J connectivity index is 0.000000150. The number of amides is 3. The first kappa shape index (κ1) is 84.2. The summed E-state index contributed by atoms with van der Waals surface area (Å²) in [5, 5.41) is 15.3. The van der Waals surface area contributed by atoms with Crippen molar-refractivity contribution in [3.63, 3.8) is 0 Å². The minimum Gasteiger partial charge on any atom is -0.505 e. The molecule has 2 N–H and O–H groups in total. The maximum Gasteiger partial charge on any atom is 0.258 e. The molecule has 622 valence electrons. The Kier molecular flexibility index (Phi) is 24.1. The van der Waals surface area contributed by atoms with Crippen molar-refractivity contribution in [2.75, 3.05) is 67.0 Å². The van der Waals surface area contributed by atoms with Gasteiger partial charge in [-0.1, -0.05) is 84.9 Å². The lowest BCUT2D eigenvalue weighted by molar-refractivity contribution is 0.0756. The Morgan fingerprint density at radius 3 is 1.04 bits per heavy atom. The summed E-state index contributed by atoms with van der Waals surface area (Å²) >= 11 is 0. The summed E-state index contributed by atoms with van der Waals surface area (Å²) in [7, 11) is -3.73. The number of hydrogen-bond donors (Lipinski definition) is 2. The van der Waals surface area contributed by atoms with Crippen molar-refractivity contribution in [3.05, 3.63) is 325 Å². The van der Waals surface area contributed by atoms with Crippen molar-refractivity contribution in [2.24, 2.45) is 0 Å². The molecule has 0 bridgehead atoms. The van der Waals surface area contributed by atoms with E-state index >= 15 is 0 Å². The van der Waals surface area contributed by atoms with Crippen molar-refractivity contribution in [1.82, 2.24) is 30.1 Å². The highest BCUT2D eigenvalue weighted by Crippen LogP contribution is 2.49. The van der Waals surface area contributed by atoms with Gasteiger partial charge >= 0.3 is 0 Å². The molecule has 0 radical (unpaired) electrons. The summed E-state index contributed by atoms with van der Waals surface area (Å²) < 4.78 is 170. The number of pyridine rings is 3. The molecule has 0 spiro atoms. The number of hydrogen-bond acceptors (Lipinski definition) is 17. The number of sulfonamides is 3. The summed E-state index contributed by atoms with van der Waals surface area (Å²) in [5.74, 6) is -1.39. The number of nitrogens with zero attached hydrogens (tertiary/aromatic N) is 8. The number of carbonyl (C=O) groups is 3. The Morgan fingerprint density at radius 2 is 0.694 bits per heavy atom. The Hall–Kier alpha value is -13.3. The van der Waals surface area contributed by atoms with Crippen LogP contribution in [0.25, 0.3) is 32.7 Å². The van der Waals surface area contributed by atoms with Gasteiger partial charge in [0, 0.05) is 105 Å². The zero-order valence-electron chi connectivity index (χ0n) is 66.6. The van der Waals surface area contributed by atoms with Crippen LogP contribution in [0, 0.1) is 29.1 Å². The van der Waals surface area contributed by atoms with Gasteiger partial charge in [-0.05, 0) is 178 Å². The third-order valence-electron chi connectivity index (χ3n) is 21.1. The number of ether oxygens (including phenoxy) is 4. The lowest BCUT2D eigenvalue weighted by Crippen LogP contribution is -2.26. The fourth-order valence-electron chi connectivity index (χ4n) is 14.8. The molecule has 3 aromatic heterocycles. The Bertz CT molecular complexity index is 6570. The molecular weight excluding hydrogens is 1620 g/mol. The van der Waals surface area contributed by atoms with E-state index in [1.807, 2.05) is 48.5 Å². The Labute approximate surface area is 694 Å². The fourth-order valence-corrected chi connectivity index (χ4v) is 16.4. The molecule has 13 aromatic rings. The van der Waals surface area contributed by atoms with Crippen LogP contribution in [-0.4, -0.2) is 127 Å². The normalized spacial score (nSPS) is 13.0. The zero-order valence-corrected chi connectivity index (χ0v) is 69.1. The molecule has 0 saturated heterocycles. The van der Waals surface area contributed by atoms with Crippen molar-refractivity contribution in [2.45, 2.75) is 65.2 Å². The number of halogens is 5. The number of aromatic nitrogens is 3. The number of aromatic hydroxyl groups is 1. The maximum atomic E-state index is 14.1. The highest BCUT2D eigenvalue weighted by Gasteiger charge is 2.41. The average molecular weight is 1700 g/mol. The van der Waals surface area contributed by atoms with Crippen LogP contribution in [0.4, 0.5) is 39.0 Å². The summed E-state index contributed by atoms with van der Waals surface area (Å²) in [6.07, 6.45) is 9.40. The highest BCUT2D eigenvalue weighted by molar-refractivity contribution is 7.92. The van der Waals surface area contributed by atoms with Gasteiger partial charge in [-0.3, -0.25) is 42.3 Å². The van der Waals surface area contributed by atoms with Gasteiger partial charge in [-0.15, -0.1) is 0 Å². The zero-order chi connectivity index (χ0) is 86.1. The van der Waals surface area contributed by atoms with E-state index in [0.717, 1.165) is 62.0 Å². The summed E-state index contributed by atoms with van der Waals surface area (Å²) in [6.45, 7) is 0.892. The van der Waals surface area contributed by atoms with E-state index in [-0.39, 0.29) is 120 Å². The molecule has 10 aromatic carbocycles. The first-order chi connectivity index (χ1) is 57.7. The van der Waals surface area contributed by atoms with E-state index in [1.54, 1.807) is 110 Å². The van der Waals surface area contributed by atoms with Crippen LogP contribution >= 0.6 is 0 Å². The van der Waals surface area contributed by atoms with Gasteiger partial charge in [0.15, 0.2) is 17.2 Å². The number of rotatable bonds is 24. The number of benzene rings is 10. The number of phenols is 1. The van der Waals surface area contributed by atoms with Crippen LogP contribution < -0.4 is 37.2 Å². The number of methoxy groups -OCH3 is 2. The van der Waals surface area contributed by atoms with Gasteiger partial charge in [0.05, 0.1) is 66.7 Å². The third kappa shape index (κ3) is 18.3. The molecular formula is C90H80F5N9O14S3. The lowest BCUT2D eigenvalue weighted by Gasteiger charge is -2.24. The molecule has 23 nitrogen and oxygen atoms in total. The van der Waals surface area contributed by atoms with Gasteiger partial charge < -0.3 is 39.2 Å². The van der Waals surface area contributed by atoms with Crippen LogP contribution in [-0.2, 0) is 95.3 Å². The highest BCUT2D eigenvalue weighted by atomic mass is 32.2. The van der Waals surface area contributed by atoms with Gasteiger partial charge in [0.25, 0.3) is 17.7 Å². The molecule has 0 aliphatic carbocycles. The van der Waals surface area contributed by atoms with Crippen LogP contribution in [0.15, 0.2) is 207 Å². The number of carbonyl (C=O) groups excluding carboxylic acids is 3. The molecule has 31 heteroatoms. The second-order valence-electron chi connectivity index (χ2n) is 29.5. The predicted octanol–water partition coefficient (Wildman–Crippen LogP) is 14.8. The van der Waals surface area contributed by atoms with E-state index in [0.29, 0.717) is 108 Å². The maximum absolute atomic E-state index is 14.1. The van der Waals surface area contributed by atoms with Gasteiger partial charge in [-0.2, -0.15) is 0 Å². The van der Waals surface area contributed by atoms with E-state index in [9.17, 15) is 66.7 Å². The second-order valence-corrected chi connectivity index (χ2v) is 35.5. The minimum absolute atomic E-state index is 0.00102. The summed E-state index contributed by atoms with van der Waals surface area (Å²) in [6, 6.07) is 50.0. The fraction of sp³-hybridized carbons (Fsp3) is 0.200. The smallest absolute Gasteiger partial charge is 0.258 e. The predicted molar refractivity (Wildman–Crippen MR) is 450 cm³/mol. The lowest BCUT2D eigenvalue weighted by atomic mass is 9.98. The molecule has 0 fully saturated rings. The number of phenolic OH excluding ortho intramolecular Hbond substituents is 1. The van der Waals surface area contributed by atoms with Crippen LogP contribution in [0.3, 0.4) is 0 Å². The van der Waals surface area contributed by atoms with Crippen molar-refractivity contribution in [3.8, 4) is 28.7 Å². The first-order valence-electron chi connectivity index (χ1n) is 37.7. The van der Waals surface area contributed by atoms with E-state index < -0.39 is 41.8 Å². The molecule has 0 saturated carbocycles. The first-order valence-corrected chi connectivity index (χ1v) is 43.3. The molecule has 121 heavy (non-hydrogen) atoms. The molecule has 0 atom stereocenters. The van der Waals surface area contributed by atoms with E-state index in [2.05, 4.69) is 15.3 Å². The number of fused-ring (bicyclic) bond motifs is 6. The average Bonchev–Trinajstić information content (AvgIpc) is 1.71. The van der Waals surface area contributed by atoms with Crippen molar-refractivity contribution < 1.29 is 85.6 Å². The largest absolute Gasteiger partial charge is 0.505 e. The van der Waals surface area contributed by atoms with Gasteiger partial charge in [-0.25, -0.2) is 47.2 Å². The molecule has 0 unspecified atom stereocenters. The van der Waals surface area contributed by atoms with Crippen LogP contribution in [0.1, 0.15) is 103 Å². The second kappa shape index (κ2) is 34.6. The number of anilines is 3.